The molecule has 2 heterocycles. The fourth-order valence-corrected chi connectivity index (χ4v) is 2.05. The van der Waals surface area contributed by atoms with E-state index in [4.69, 9.17) is 0 Å². The van der Waals surface area contributed by atoms with Gasteiger partial charge >= 0.3 is 6.18 Å². The lowest BCUT2D eigenvalue weighted by Crippen LogP contribution is -2.08. The molecule has 0 atom stereocenters. The molecule has 102 valence electrons. The molecule has 3 aromatic rings. The summed E-state index contributed by atoms with van der Waals surface area (Å²) in [6.45, 7) is 1.75. The van der Waals surface area contributed by atoms with Gasteiger partial charge in [-0.15, -0.1) is 0 Å². The largest absolute Gasteiger partial charge is 0.433 e. The number of hydrogen-bond acceptors (Lipinski definition) is 2. The second kappa shape index (κ2) is 4.33. The van der Waals surface area contributed by atoms with Crippen molar-refractivity contribution in [2.24, 2.45) is 0 Å². The molecule has 0 N–H and O–H groups in total. The van der Waals surface area contributed by atoms with Crippen molar-refractivity contribution >= 4 is 11.0 Å². The number of rotatable bonds is 1. The summed E-state index contributed by atoms with van der Waals surface area (Å²) in [7, 11) is 0. The smallest absolute Gasteiger partial charge is 0.223 e. The van der Waals surface area contributed by atoms with E-state index in [9.17, 15) is 13.2 Å². The van der Waals surface area contributed by atoms with E-state index in [0.717, 1.165) is 6.07 Å². The van der Waals surface area contributed by atoms with E-state index >= 15 is 0 Å². The Morgan fingerprint density at radius 3 is 2.35 bits per heavy atom. The van der Waals surface area contributed by atoms with Crippen LogP contribution in [0.1, 0.15) is 11.4 Å². The lowest BCUT2D eigenvalue weighted by Gasteiger charge is -2.06. The highest BCUT2D eigenvalue weighted by Gasteiger charge is 2.33. The topological polar surface area (TPSA) is 30.7 Å². The number of hydrogen-bond donors (Lipinski definition) is 0. The van der Waals surface area contributed by atoms with Crippen LogP contribution in [0.2, 0.25) is 0 Å². The number of aryl methyl sites for hydroxylation is 1. The van der Waals surface area contributed by atoms with Gasteiger partial charge in [-0.25, -0.2) is 9.67 Å². The molecule has 0 fully saturated rings. The molecule has 0 saturated carbocycles. The number of benzene rings is 1. The first-order valence-corrected chi connectivity index (χ1v) is 5.96. The number of nitrogens with zero attached hydrogens (tertiary/aromatic N) is 3. The zero-order valence-corrected chi connectivity index (χ0v) is 10.5. The highest BCUT2D eigenvalue weighted by molar-refractivity contribution is 5.80. The molecule has 0 amide bonds. The first-order chi connectivity index (χ1) is 9.47. The van der Waals surface area contributed by atoms with Gasteiger partial charge in [0.1, 0.15) is 5.69 Å². The molecule has 6 heteroatoms. The Morgan fingerprint density at radius 2 is 1.70 bits per heavy atom. The molecule has 0 aliphatic heterocycles. The number of para-hydroxylation sites is 1. The van der Waals surface area contributed by atoms with Crippen molar-refractivity contribution < 1.29 is 13.2 Å². The normalized spacial score (nSPS) is 12.0. The Labute approximate surface area is 112 Å². The lowest BCUT2D eigenvalue weighted by molar-refractivity contribution is -0.141. The van der Waals surface area contributed by atoms with Gasteiger partial charge in [-0.05, 0) is 31.2 Å². The van der Waals surface area contributed by atoms with Gasteiger partial charge in [-0.3, -0.25) is 0 Å². The van der Waals surface area contributed by atoms with E-state index in [1.54, 1.807) is 31.2 Å². The number of alkyl halides is 3. The molecular weight excluding hydrogens is 267 g/mol. The zero-order valence-electron chi connectivity index (χ0n) is 10.5. The maximum atomic E-state index is 12.8. The van der Waals surface area contributed by atoms with Gasteiger partial charge < -0.3 is 0 Å². The van der Waals surface area contributed by atoms with E-state index in [-0.39, 0.29) is 5.65 Å². The summed E-state index contributed by atoms with van der Waals surface area (Å²) in [6.07, 6.45) is -4.46. The molecular formula is C14H10F3N3. The van der Waals surface area contributed by atoms with Crippen LogP contribution >= 0.6 is 0 Å². The van der Waals surface area contributed by atoms with Crippen molar-refractivity contribution in [3.63, 3.8) is 0 Å². The van der Waals surface area contributed by atoms with Gasteiger partial charge in [0, 0.05) is 5.39 Å². The van der Waals surface area contributed by atoms with Gasteiger partial charge in [-0.2, -0.15) is 18.3 Å². The van der Waals surface area contributed by atoms with Crippen molar-refractivity contribution in [1.29, 1.82) is 0 Å². The summed E-state index contributed by atoms with van der Waals surface area (Å²) in [5.41, 5.74) is 0.619. The molecule has 1 aromatic carbocycles. The van der Waals surface area contributed by atoms with Crippen LogP contribution in [0.25, 0.3) is 16.7 Å². The quantitative estimate of drug-likeness (QED) is 0.678. The molecule has 0 saturated heterocycles. The Balaban J connectivity index is 2.28. The van der Waals surface area contributed by atoms with Crippen LogP contribution in [0.4, 0.5) is 13.2 Å². The summed E-state index contributed by atoms with van der Waals surface area (Å²) < 4.78 is 39.7. The van der Waals surface area contributed by atoms with Crippen LogP contribution in [0.15, 0.2) is 42.5 Å². The Kier molecular flexibility index (Phi) is 2.74. The first-order valence-electron chi connectivity index (χ1n) is 5.96. The lowest BCUT2D eigenvalue weighted by atomic mass is 10.2. The van der Waals surface area contributed by atoms with Crippen molar-refractivity contribution in [3.05, 3.63) is 53.9 Å². The molecule has 3 rings (SSSR count). The Morgan fingerprint density at radius 1 is 1.00 bits per heavy atom. The molecule has 3 nitrogen and oxygen atoms in total. The van der Waals surface area contributed by atoms with Crippen molar-refractivity contribution in [2.75, 3.05) is 0 Å². The average molecular weight is 277 g/mol. The Bertz CT molecular complexity index is 760. The standard InChI is InChI=1S/C14H10F3N3/c1-9-11-7-8-12(14(15,16)17)18-13(11)20(19-9)10-5-3-2-4-6-10/h2-8H,1H3. The minimum atomic E-state index is -4.46. The van der Waals surface area contributed by atoms with Crippen molar-refractivity contribution in [1.82, 2.24) is 14.8 Å². The summed E-state index contributed by atoms with van der Waals surface area (Å²) in [6, 6.07) is 11.4. The van der Waals surface area contributed by atoms with E-state index < -0.39 is 11.9 Å². The summed E-state index contributed by atoms with van der Waals surface area (Å²) in [5, 5.41) is 4.88. The third-order valence-corrected chi connectivity index (χ3v) is 3.01. The number of fused-ring (bicyclic) bond motifs is 1. The molecule has 0 unspecified atom stereocenters. The fourth-order valence-electron chi connectivity index (χ4n) is 2.05. The molecule has 0 aliphatic rings. The van der Waals surface area contributed by atoms with Crippen LogP contribution in [0, 0.1) is 6.92 Å². The molecule has 2 aromatic heterocycles. The van der Waals surface area contributed by atoms with Gasteiger partial charge in [0.2, 0.25) is 0 Å². The molecule has 20 heavy (non-hydrogen) atoms. The van der Waals surface area contributed by atoms with Crippen LogP contribution < -0.4 is 0 Å². The van der Waals surface area contributed by atoms with E-state index in [0.29, 0.717) is 16.8 Å². The monoisotopic (exact) mass is 277 g/mol. The van der Waals surface area contributed by atoms with E-state index in [2.05, 4.69) is 10.1 Å². The van der Waals surface area contributed by atoms with Crippen LogP contribution in [-0.4, -0.2) is 14.8 Å². The molecule has 0 radical (unpaired) electrons. The third-order valence-electron chi connectivity index (χ3n) is 3.01. The van der Waals surface area contributed by atoms with Gasteiger partial charge in [0.05, 0.1) is 11.4 Å². The van der Waals surface area contributed by atoms with Crippen LogP contribution in [-0.2, 0) is 6.18 Å². The molecule has 0 bridgehead atoms. The maximum absolute atomic E-state index is 12.8. The zero-order chi connectivity index (χ0) is 14.3. The van der Waals surface area contributed by atoms with Crippen LogP contribution in [0.3, 0.4) is 0 Å². The van der Waals surface area contributed by atoms with Crippen molar-refractivity contribution in [2.45, 2.75) is 13.1 Å². The molecule has 0 spiro atoms. The van der Waals surface area contributed by atoms with Gasteiger partial charge in [0.15, 0.2) is 5.65 Å². The highest BCUT2D eigenvalue weighted by Crippen LogP contribution is 2.30. The second-order valence-electron chi connectivity index (χ2n) is 4.40. The third kappa shape index (κ3) is 2.03. The predicted molar refractivity (Wildman–Crippen MR) is 68.6 cm³/mol. The average Bonchev–Trinajstić information content (AvgIpc) is 2.76. The summed E-state index contributed by atoms with van der Waals surface area (Å²) in [5.74, 6) is 0. The van der Waals surface area contributed by atoms with Gasteiger partial charge in [0.25, 0.3) is 0 Å². The number of halogens is 3. The number of pyridine rings is 1. The minimum Gasteiger partial charge on any atom is -0.223 e. The fraction of sp³-hybridized carbons (Fsp3) is 0.143. The summed E-state index contributed by atoms with van der Waals surface area (Å²) >= 11 is 0. The second-order valence-corrected chi connectivity index (χ2v) is 4.40. The Hall–Kier alpha value is -2.37. The van der Waals surface area contributed by atoms with E-state index in [1.165, 1.54) is 10.7 Å². The SMILES string of the molecule is Cc1nn(-c2ccccc2)c2nc(C(F)(F)F)ccc12. The highest BCUT2D eigenvalue weighted by atomic mass is 19.4. The summed E-state index contributed by atoms with van der Waals surface area (Å²) in [4.78, 5) is 3.72. The predicted octanol–water partition coefficient (Wildman–Crippen LogP) is 3.75. The maximum Gasteiger partial charge on any atom is 0.433 e. The van der Waals surface area contributed by atoms with Crippen LogP contribution in [0.5, 0.6) is 0 Å². The van der Waals surface area contributed by atoms with E-state index in [1.807, 2.05) is 6.07 Å². The first kappa shape index (κ1) is 12.7. The minimum absolute atomic E-state index is 0.212. The van der Waals surface area contributed by atoms with Crippen molar-refractivity contribution in [3.8, 4) is 5.69 Å². The number of aromatic nitrogens is 3. The molecule has 0 aliphatic carbocycles. The van der Waals surface area contributed by atoms with Gasteiger partial charge in [-0.1, -0.05) is 18.2 Å².